The summed E-state index contributed by atoms with van der Waals surface area (Å²) < 4.78 is 5.12. The predicted molar refractivity (Wildman–Crippen MR) is 107 cm³/mol. The van der Waals surface area contributed by atoms with Gasteiger partial charge in [-0.2, -0.15) is 0 Å². The number of ether oxygens (including phenoxy) is 1. The van der Waals surface area contributed by atoms with Crippen molar-refractivity contribution >= 4 is 46.4 Å². The number of nitrogens with zero attached hydrogens (tertiary/aromatic N) is 2. The number of carbonyl (C=O) groups excluding carboxylic acids is 2. The van der Waals surface area contributed by atoms with Crippen LogP contribution in [0.15, 0.2) is 58.9 Å². The molecule has 0 saturated heterocycles. The van der Waals surface area contributed by atoms with Gasteiger partial charge in [-0.25, -0.2) is 0 Å². The van der Waals surface area contributed by atoms with E-state index in [0.29, 0.717) is 27.2 Å². The number of anilines is 2. The first-order valence-electron chi connectivity index (χ1n) is 7.89. The van der Waals surface area contributed by atoms with Crippen molar-refractivity contribution in [2.45, 2.75) is 5.03 Å². The lowest BCUT2D eigenvalue weighted by atomic mass is 10.3. The van der Waals surface area contributed by atoms with Crippen LogP contribution >= 0.6 is 23.1 Å². The van der Waals surface area contributed by atoms with Crippen LogP contribution in [-0.4, -0.2) is 34.9 Å². The fourth-order valence-electron chi connectivity index (χ4n) is 2.09. The average Bonchev–Trinajstić information content (AvgIpc) is 3.22. The largest absolute Gasteiger partial charge is 0.497 e. The third-order valence-electron chi connectivity index (χ3n) is 3.33. The third kappa shape index (κ3) is 5.53. The summed E-state index contributed by atoms with van der Waals surface area (Å²) in [6, 6.07) is 14.0. The molecule has 2 amide bonds. The first-order valence-corrected chi connectivity index (χ1v) is 9.76. The molecule has 0 aliphatic carbocycles. The number of hydrogen-bond acceptors (Lipinski definition) is 7. The predicted octanol–water partition coefficient (Wildman–Crippen LogP) is 3.53. The van der Waals surface area contributed by atoms with Gasteiger partial charge in [-0.15, -0.1) is 21.5 Å². The minimum Gasteiger partial charge on any atom is -0.497 e. The molecule has 0 aliphatic heterocycles. The molecule has 3 rings (SSSR count). The van der Waals surface area contributed by atoms with Gasteiger partial charge < -0.3 is 15.4 Å². The molecule has 0 spiro atoms. The number of thiophene rings is 1. The first-order chi connectivity index (χ1) is 13.1. The van der Waals surface area contributed by atoms with Crippen LogP contribution in [0.2, 0.25) is 0 Å². The molecule has 2 N–H and O–H groups in total. The molecule has 0 fully saturated rings. The van der Waals surface area contributed by atoms with Crippen LogP contribution in [0.25, 0.3) is 0 Å². The summed E-state index contributed by atoms with van der Waals surface area (Å²) in [5, 5.41) is 15.9. The molecule has 1 aromatic carbocycles. The van der Waals surface area contributed by atoms with E-state index in [-0.39, 0.29) is 17.6 Å². The van der Waals surface area contributed by atoms with Crippen LogP contribution in [0.4, 0.5) is 11.5 Å². The highest BCUT2D eigenvalue weighted by Gasteiger charge is 2.09. The Morgan fingerprint density at radius 3 is 2.70 bits per heavy atom. The lowest BCUT2D eigenvalue weighted by Crippen LogP contribution is -2.14. The smallest absolute Gasteiger partial charge is 0.266 e. The van der Waals surface area contributed by atoms with Crippen LogP contribution < -0.4 is 15.4 Å². The lowest BCUT2D eigenvalue weighted by Gasteiger charge is -2.07. The number of rotatable bonds is 7. The maximum absolute atomic E-state index is 12.1. The summed E-state index contributed by atoms with van der Waals surface area (Å²) in [5.74, 6) is 0.833. The van der Waals surface area contributed by atoms with E-state index >= 15 is 0 Å². The minimum atomic E-state index is -0.225. The van der Waals surface area contributed by atoms with E-state index in [2.05, 4.69) is 20.8 Å². The normalized spacial score (nSPS) is 10.3. The lowest BCUT2D eigenvalue weighted by molar-refractivity contribution is -0.113. The third-order valence-corrected chi connectivity index (χ3v) is 5.12. The zero-order chi connectivity index (χ0) is 19.1. The van der Waals surface area contributed by atoms with Gasteiger partial charge in [0.25, 0.3) is 5.91 Å². The summed E-state index contributed by atoms with van der Waals surface area (Å²) in [5.41, 5.74) is 0.665. The summed E-state index contributed by atoms with van der Waals surface area (Å²) >= 11 is 2.61. The number of methoxy groups -OCH3 is 1. The van der Waals surface area contributed by atoms with E-state index in [1.807, 2.05) is 11.4 Å². The van der Waals surface area contributed by atoms with Gasteiger partial charge in [0.15, 0.2) is 5.82 Å². The van der Waals surface area contributed by atoms with Gasteiger partial charge in [-0.3, -0.25) is 9.59 Å². The Balaban J connectivity index is 1.49. The molecule has 0 unspecified atom stereocenters. The van der Waals surface area contributed by atoms with E-state index < -0.39 is 0 Å². The number of benzene rings is 1. The van der Waals surface area contributed by atoms with Crippen molar-refractivity contribution in [3.05, 3.63) is 58.8 Å². The molecular weight excluding hydrogens is 384 g/mol. The van der Waals surface area contributed by atoms with Crippen molar-refractivity contribution in [2.75, 3.05) is 23.5 Å². The fraction of sp³-hybridized carbons (Fsp3) is 0.111. The molecule has 0 saturated carbocycles. The Hall–Kier alpha value is -2.91. The highest BCUT2D eigenvalue weighted by atomic mass is 32.2. The molecule has 0 atom stereocenters. The number of thioether (sulfide) groups is 1. The van der Waals surface area contributed by atoms with Gasteiger partial charge in [-0.05, 0) is 35.7 Å². The molecule has 3 aromatic rings. The summed E-state index contributed by atoms with van der Waals surface area (Å²) in [7, 11) is 1.57. The van der Waals surface area contributed by atoms with Crippen LogP contribution in [0.5, 0.6) is 5.75 Å². The van der Waals surface area contributed by atoms with Crippen molar-refractivity contribution in [3.8, 4) is 5.75 Å². The van der Waals surface area contributed by atoms with Crippen molar-refractivity contribution < 1.29 is 14.3 Å². The van der Waals surface area contributed by atoms with Crippen molar-refractivity contribution in [3.63, 3.8) is 0 Å². The average molecular weight is 400 g/mol. The maximum Gasteiger partial charge on any atom is 0.266 e. The van der Waals surface area contributed by atoms with Gasteiger partial charge >= 0.3 is 0 Å². The summed E-state index contributed by atoms with van der Waals surface area (Å²) in [4.78, 5) is 24.6. The molecule has 27 heavy (non-hydrogen) atoms. The first kappa shape index (κ1) is 18.9. The summed E-state index contributed by atoms with van der Waals surface area (Å²) in [6.45, 7) is 0. The number of amides is 2. The Kier molecular flexibility index (Phi) is 6.39. The monoisotopic (exact) mass is 400 g/mol. The van der Waals surface area contributed by atoms with Gasteiger partial charge in [0.2, 0.25) is 5.91 Å². The van der Waals surface area contributed by atoms with Crippen LogP contribution in [0.3, 0.4) is 0 Å². The van der Waals surface area contributed by atoms with E-state index in [1.54, 1.807) is 49.6 Å². The Morgan fingerprint density at radius 1 is 1.11 bits per heavy atom. The van der Waals surface area contributed by atoms with Crippen molar-refractivity contribution in [2.24, 2.45) is 0 Å². The minimum absolute atomic E-state index is 0.162. The molecule has 2 heterocycles. The number of nitrogens with one attached hydrogen (secondary N) is 2. The standard InChI is InChI=1S/C18H16N4O3S2/c1-25-13-5-2-4-12(10-13)19-16(23)11-27-17-8-7-15(21-22-17)20-18(24)14-6-3-9-26-14/h2-10H,11H2,1H3,(H,19,23)(H,20,21,24). The van der Waals surface area contributed by atoms with Crippen LogP contribution in [0, 0.1) is 0 Å². The second-order valence-electron chi connectivity index (χ2n) is 5.26. The zero-order valence-corrected chi connectivity index (χ0v) is 16.0. The summed E-state index contributed by atoms with van der Waals surface area (Å²) in [6.07, 6.45) is 0. The highest BCUT2D eigenvalue weighted by molar-refractivity contribution is 7.99. The second-order valence-corrected chi connectivity index (χ2v) is 7.20. The van der Waals surface area contributed by atoms with Gasteiger partial charge in [-0.1, -0.05) is 23.9 Å². The van der Waals surface area contributed by atoms with Gasteiger partial charge in [0.05, 0.1) is 17.7 Å². The fourth-order valence-corrected chi connectivity index (χ4v) is 3.32. The maximum atomic E-state index is 12.1. The van der Waals surface area contributed by atoms with Gasteiger partial charge in [0.1, 0.15) is 10.8 Å². The van der Waals surface area contributed by atoms with E-state index in [1.165, 1.54) is 23.1 Å². The topological polar surface area (TPSA) is 93.2 Å². The quantitative estimate of drug-likeness (QED) is 0.590. The van der Waals surface area contributed by atoms with Crippen molar-refractivity contribution in [1.29, 1.82) is 0 Å². The highest BCUT2D eigenvalue weighted by Crippen LogP contribution is 2.19. The second kappa shape index (κ2) is 9.15. The van der Waals surface area contributed by atoms with Crippen molar-refractivity contribution in [1.82, 2.24) is 10.2 Å². The molecule has 9 heteroatoms. The molecular formula is C18H16N4O3S2. The van der Waals surface area contributed by atoms with Crippen LogP contribution in [-0.2, 0) is 4.79 Å². The molecule has 0 bridgehead atoms. The molecule has 2 aromatic heterocycles. The molecule has 138 valence electrons. The molecule has 0 aliphatic rings. The van der Waals surface area contributed by atoms with E-state index in [9.17, 15) is 9.59 Å². The molecule has 0 radical (unpaired) electrons. The zero-order valence-electron chi connectivity index (χ0n) is 14.3. The SMILES string of the molecule is COc1cccc(NC(=O)CSc2ccc(NC(=O)c3cccs3)nn2)c1. The number of carbonyl (C=O) groups is 2. The Bertz CT molecular complexity index is 915. The van der Waals surface area contributed by atoms with E-state index in [4.69, 9.17) is 4.74 Å². The molecule has 7 nitrogen and oxygen atoms in total. The number of hydrogen-bond donors (Lipinski definition) is 2. The van der Waals surface area contributed by atoms with Gasteiger partial charge in [0, 0.05) is 11.8 Å². The Morgan fingerprint density at radius 2 is 2.00 bits per heavy atom. The number of aromatic nitrogens is 2. The van der Waals surface area contributed by atoms with E-state index in [0.717, 1.165) is 0 Å². The van der Waals surface area contributed by atoms with Crippen LogP contribution in [0.1, 0.15) is 9.67 Å². The Labute approximate surface area is 164 Å².